The monoisotopic (exact) mass is 297 g/mol. The van der Waals surface area contributed by atoms with Crippen LogP contribution < -0.4 is 10.1 Å². The highest BCUT2D eigenvalue weighted by molar-refractivity contribution is 5.39. The molecule has 0 saturated carbocycles. The molecule has 1 atom stereocenters. The van der Waals surface area contributed by atoms with Gasteiger partial charge in [-0.2, -0.15) is 0 Å². The highest BCUT2D eigenvalue weighted by Gasteiger charge is 2.14. The average molecular weight is 297 g/mol. The lowest BCUT2D eigenvalue weighted by Gasteiger charge is -2.20. The molecular weight excluding hydrogens is 270 g/mol. The van der Waals surface area contributed by atoms with Crippen molar-refractivity contribution in [2.75, 3.05) is 54.3 Å². The van der Waals surface area contributed by atoms with Gasteiger partial charge in [-0.1, -0.05) is 17.7 Å². The van der Waals surface area contributed by atoms with E-state index >= 15 is 0 Å². The van der Waals surface area contributed by atoms with Gasteiger partial charge in [0.25, 0.3) is 0 Å². The molecule has 1 rings (SSSR count). The second-order valence-electron chi connectivity index (χ2n) is 4.77. The molecule has 0 aliphatic heterocycles. The fourth-order valence-corrected chi connectivity index (χ4v) is 2.02. The highest BCUT2D eigenvalue weighted by Crippen LogP contribution is 2.26. The zero-order chi connectivity index (χ0) is 15.5. The summed E-state index contributed by atoms with van der Waals surface area (Å²) < 4.78 is 21.4. The number of rotatable bonds is 11. The van der Waals surface area contributed by atoms with Crippen LogP contribution in [0.15, 0.2) is 18.2 Å². The van der Waals surface area contributed by atoms with Gasteiger partial charge in [-0.25, -0.2) is 0 Å². The molecule has 1 aromatic rings. The maximum atomic E-state index is 5.68. The number of nitrogens with one attached hydrogen (secondary N) is 1. The lowest BCUT2D eigenvalue weighted by atomic mass is 10.0. The Hall–Kier alpha value is -1.14. The zero-order valence-electron chi connectivity index (χ0n) is 13.5. The molecule has 120 valence electrons. The third kappa shape index (κ3) is 6.44. The van der Waals surface area contributed by atoms with Crippen molar-refractivity contribution in [1.82, 2.24) is 5.32 Å². The summed E-state index contributed by atoms with van der Waals surface area (Å²) in [5.74, 6) is 0.875. The Labute approximate surface area is 127 Å². The summed E-state index contributed by atoms with van der Waals surface area (Å²) in [5, 5.41) is 3.27. The number of hydrogen-bond donors (Lipinski definition) is 1. The summed E-state index contributed by atoms with van der Waals surface area (Å²) in [4.78, 5) is 0. The molecule has 21 heavy (non-hydrogen) atoms. The molecule has 0 fully saturated rings. The van der Waals surface area contributed by atoms with Crippen LogP contribution >= 0.6 is 0 Å². The molecule has 0 spiro atoms. The van der Waals surface area contributed by atoms with Crippen LogP contribution in [0.2, 0.25) is 0 Å². The van der Waals surface area contributed by atoms with Crippen molar-refractivity contribution in [3.8, 4) is 5.75 Å². The fraction of sp³-hybridized carbons (Fsp3) is 0.625. The van der Waals surface area contributed by atoms with Crippen molar-refractivity contribution in [2.45, 2.75) is 13.0 Å². The first kappa shape index (κ1) is 17.9. The predicted octanol–water partition coefficient (Wildman–Crippen LogP) is 1.94. The number of hydrogen-bond acceptors (Lipinski definition) is 5. The Morgan fingerprint density at radius 3 is 2.43 bits per heavy atom. The van der Waals surface area contributed by atoms with E-state index in [4.69, 9.17) is 18.9 Å². The molecule has 0 bridgehead atoms. The quantitative estimate of drug-likeness (QED) is 0.633. The Balaban J connectivity index is 2.42. The van der Waals surface area contributed by atoms with E-state index in [2.05, 4.69) is 18.3 Å². The third-order valence-corrected chi connectivity index (χ3v) is 3.20. The highest BCUT2D eigenvalue weighted by atomic mass is 16.5. The maximum absolute atomic E-state index is 5.68. The van der Waals surface area contributed by atoms with Gasteiger partial charge in [-0.3, -0.25) is 0 Å². The van der Waals surface area contributed by atoms with Gasteiger partial charge in [0, 0.05) is 12.7 Å². The van der Waals surface area contributed by atoms with E-state index in [1.165, 1.54) is 5.56 Å². The van der Waals surface area contributed by atoms with Crippen LogP contribution in [-0.2, 0) is 14.2 Å². The number of ether oxygens (including phenoxy) is 4. The van der Waals surface area contributed by atoms with Gasteiger partial charge in [0.2, 0.25) is 0 Å². The van der Waals surface area contributed by atoms with E-state index in [9.17, 15) is 0 Å². The summed E-state index contributed by atoms with van der Waals surface area (Å²) in [7, 11) is 5.27. The second-order valence-corrected chi connectivity index (χ2v) is 4.77. The molecule has 1 aromatic carbocycles. The van der Waals surface area contributed by atoms with E-state index in [1.54, 1.807) is 14.2 Å². The first-order chi connectivity index (χ1) is 10.2. The van der Waals surface area contributed by atoms with Gasteiger partial charge in [0.05, 0.1) is 46.2 Å². The number of likely N-dealkylation sites (N-methyl/N-ethyl adjacent to an activating group) is 1. The third-order valence-electron chi connectivity index (χ3n) is 3.20. The molecule has 0 heterocycles. The molecule has 0 amide bonds. The summed E-state index contributed by atoms with van der Waals surface area (Å²) in [6.45, 7) is 4.99. The van der Waals surface area contributed by atoms with Crippen LogP contribution in [0.5, 0.6) is 5.75 Å². The minimum atomic E-state index is 0.0961. The Morgan fingerprint density at radius 2 is 1.76 bits per heavy atom. The number of methoxy groups -OCH3 is 2. The Kier molecular flexibility index (Phi) is 9.01. The molecular formula is C16H27NO4. The first-order valence-electron chi connectivity index (χ1n) is 7.19. The van der Waals surface area contributed by atoms with Crippen LogP contribution in [-0.4, -0.2) is 54.3 Å². The van der Waals surface area contributed by atoms with Gasteiger partial charge in [-0.15, -0.1) is 0 Å². The van der Waals surface area contributed by atoms with Crippen molar-refractivity contribution in [3.63, 3.8) is 0 Å². The van der Waals surface area contributed by atoms with Gasteiger partial charge in [0.15, 0.2) is 0 Å². The molecule has 0 radical (unpaired) electrons. The summed E-state index contributed by atoms with van der Waals surface area (Å²) in [6.07, 6.45) is 0. The van der Waals surface area contributed by atoms with Crippen molar-refractivity contribution >= 4 is 0 Å². The number of benzene rings is 1. The van der Waals surface area contributed by atoms with Gasteiger partial charge in [-0.05, 0) is 20.0 Å². The zero-order valence-corrected chi connectivity index (χ0v) is 13.5. The molecule has 5 nitrogen and oxygen atoms in total. The summed E-state index contributed by atoms with van der Waals surface area (Å²) in [6, 6.07) is 6.25. The Morgan fingerprint density at radius 1 is 1.05 bits per heavy atom. The standard InChI is InChI=1S/C16H27NO4/c1-13-5-6-16(19-4)14(11-13)15(17-2)12-21-10-9-20-8-7-18-3/h5-6,11,15,17H,7-10,12H2,1-4H3. The molecule has 0 aliphatic carbocycles. The lowest BCUT2D eigenvalue weighted by molar-refractivity contribution is 0.0196. The maximum Gasteiger partial charge on any atom is 0.123 e. The molecule has 1 unspecified atom stereocenters. The van der Waals surface area contributed by atoms with Gasteiger partial charge < -0.3 is 24.3 Å². The van der Waals surface area contributed by atoms with Crippen molar-refractivity contribution < 1.29 is 18.9 Å². The molecule has 0 aliphatic rings. The average Bonchev–Trinajstić information content (AvgIpc) is 2.50. The summed E-state index contributed by atoms with van der Waals surface area (Å²) in [5.41, 5.74) is 2.31. The SMILES string of the molecule is CNC(COCCOCCOC)c1cc(C)ccc1OC. The summed E-state index contributed by atoms with van der Waals surface area (Å²) >= 11 is 0. The van der Waals surface area contributed by atoms with Crippen LogP contribution in [0.3, 0.4) is 0 Å². The Bertz CT molecular complexity index is 398. The van der Waals surface area contributed by atoms with E-state index in [-0.39, 0.29) is 6.04 Å². The normalized spacial score (nSPS) is 12.4. The lowest BCUT2D eigenvalue weighted by Crippen LogP contribution is -2.23. The van der Waals surface area contributed by atoms with Gasteiger partial charge >= 0.3 is 0 Å². The number of aryl methyl sites for hydroxylation is 1. The largest absolute Gasteiger partial charge is 0.496 e. The smallest absolute Gasteiger partial charge is 0.123 e. The minimum absolute atomic E-state index is 0.0961. The molecule has 1 N–H and O–H groups in total. The topological polar surface area (TPSA) is 49.0 Å². The minimum Gasteiger partial charge on any atom is -0.496 e. The van der Waals surface area contributed by atoms with E-state index in [0.29, 0.717) is 33.0 Å². The van der Waals surface area contributed by atoms with E-state index < -0.39 is 0 Å². The van der Waals surface area contributed by atoms with E-state index in [0.717, 1.165) is 11.3 Å². The molecule has 0 saturated heterocycles. The molecule has 0 aromatic heterocycles. The molecule has 5 heteroatoms. The predicted molar refractivity (Wildman–Crippen MR) is 83.0 cm³/mol. The van der Waals surface area contributed by atoms with Gasteiger partial charge in [0.1, 0.15) is 5.75 Å². The van der Waals surface area contributed by atoms with Crippen LogP contribution in [0.25, 0.3) is 0 Å². The second kappa shape index (κ2) is 10.6. The van der Waals surface area contributed by atoms with Crippen LogP contribution in [0.1, 0.15) is 17.2 Å². The van der Waals surface area contributed by atoms with Crippen molar-refractivity contribution in [2.24, 2.45) is 0 Å². The van der Waals surface area contributed by atoms with Crippen molar-refractivity contribution in [3.05, 3.63) is 29.3 Å². The van der Waals surface area contributed by atoms with Crippen LogP contribution in [0.4, 0.5) is 0 Å². The van der Waals surface area contributed by atoms with E-state index in [1.807, 2.05) is 19.2 Å². The van der Waals surface area contributed by atoms with Crippen LogP contribution in [0, 0.1) is 6.92 Å². The fourth-order valence-electron chi connectivity index (χ4n) is 2.02. The first-order valence-corrected chi connectivity index (χ1v) is 7.19. The van der Waals surface area contributed by atoms with Crippen molar-refractivity contribution in [1.29, 1.82) is 0 Å².